The van der Waals surface area contributed by atoms with E-state index < -0.39 is 12.0 Å². The van der Waals surface area contributed by atoms with Gasteiger partial charge in [0.1, 0.15) is 0 Å². The molecule has 21 heavy (non-hydrogen) atoms. The van der Waals surface area contributed by atoms with Crippen molar-refractivity contribution in [2.45, 2.75) is 20.4 Å². The number of thiophene rings is 1. The molecule has 0 spiro atoms. The molecule has 0 aliphatic heterocycles. The topological polar surface area (TPSA) is 78.4 Å². The van der Waals surface area contributed by atoms with E-state index in [1.807, 2.05) is 29.8 Å². The van der Waals surface area contributed by atoms with Crippen LogP contribution >= 0.6 is 11.3 Å². The number of carbonyl (C=O) groups is 2. The Bertz CT molecular complexity index is 666. The van der Waals surface area contributed by atoms with Crippen LogP contribution in [0.25, 0.3) is 0 Å². The summed E-state index contributed by atoms with van der Waals surface area (Å²) < 4.78 is 0. The summed E-state index contributed by atoms with van der Waals surface area (Å²) in [6.07, 6.45) is 0. The lowest BCUT2D eigenvalue weighted by Gasteiger charge is -2.13. The van der Waals surface area contributed by atoms with Gasteiger partial charge in [-0.1, -0.05) is 6.07 Å². The number of carboxylic acid groups (broad SMARTS) is 1. The molecular weight excluding hydrogens is 288 g/mol. The van der Waals surface area contributed by atoms with Gasteiger partial charge in [0, 0.05) is 6.54 Å². The SMILES string of the molecule is Cc1cc(C)c(NC(=O)NCc2ccsc2)c(C(=O)O)c1. The third kappa shape index (κ3) is 3.82. The predicted molar refractivity (Wildman–Crippen MR) is 83.1 cm³/mol. The first-order chi connectivity index (χ1) is 9.97. The van der Waals surface area contributed by atoms with Crippen molar-refractivity contribution >= 4 is 29.0 Å². The number of hydrogen-bond donors (Lipinski definition) is 3. The van der Waals surface area contributed by atoms with E-state index in [2.05, 4.69) is 10.6 Å². The molecular formula is C15H16N2O3S. The summed E-state index contributed by atoms with van der Waals surface area (Å²) in [5.41, 5.74) is 3.00. The first-order valence-corrected chi connectivity index (χ1v) is 7.32. The molecule has 0 aliphatic carbocycles. The summed E-state index contributed by atoms with van der Waals surface area (Å²) in [6.45, 7) is 4.00. The van der Waals surface area contributed by atoms with Crippen LogP contribution in [0.3, 0.4) is 0 Å². The fourth-order valence-electron chi connectivity index (χ4n) is 2.04. The Labute approximate surface area is 126 Å². The highest BCUT2D eigenvalue weighted by molar-refractivity contribution is 7.07. The van der Waals surface area contributed by atoms with Gasteiger partial charge in [0.15, 0.2) is 0 Å². The minimum atomic E-state index is -1.06. The van der Waals surface area contributed by atoms with Crippen molar-refractivity contribution in [2.24, 2.45) is 0 Å². The number of hydrogen-bond acceptors (Lipinski definition) is 3. The van der Waals surface area contributed by atoms with Gasteiger partial charge in [-0.05, 0) is 53.4 Å². The molecule has 110 valence electrons. The van der Waals surface area contributed by atoms with Gasteiger partial charge in [0.25, 0.3) is 0 Å². The molecule has 0 unspecified atom stereocenters. The second-order valence-electron chi connectivity index (χ2n) is 4.75. The summed E-state index contributed by atoms with van der Waals surface area (Å²) in [5, 5.41) is 18.4. The van der Waals surface area contributed by atoms with E-state index in [1.165, 1.54) is 0 Å². The van der Waals surface area contributed by atoms with Gasteiger partial charge in [0.2, 0.25) is 0 Å². The van der Waals surface area contributed by atoms with E-state index in [0.29, 0.717) is 12.2 Å². The average molecular weight is 304 g/mol. The third-order valence-corrected chi connectivity index (χ3v) is 3.71. The van der Waals surface area contributed by atoms with Gasteiger partial charge in [-0.3, -0.25) is 0 Å². The maximum Gasteiger partial charge on any atom is 0.337 e. The van der Waals surface area contributed by atoms with E-state index in [4.69, 9.17) is 0 Å². The third-order valence-electron chi connectivity index (χ3n) is 2.98. The van der Waals surface area contributed by atoms with Crippen LogP contribution < -0.4 is 10.6 Å². The van der Waals surface area contributed by atoms with Crippen LogP contribution in [0.5, 0.6) is 0 Å². The van der Waals surface area contributed by atoms with Gasteiger partial charge in [0.05, 0.1) is 11.3 Å². The van der Waals surface area contributed by atoms with Gasteiger partial charge in [-0.25, -0.2) is 9.59 Å². The summed E-state index contributed by atoms with van der Waals surface area (Å²) in [5.74, 6) is -1.06. The molecule has 0 saturated carbocycles. The van der Waals surface area contributed by atoms with Crippen molar-refractivity contribution in [1.29, 1.82) is 0 Å². The zero-order chi connectivity index (χ0) is 15.4. The minimum Gasteiger partial charge on any atom is -0.478 e. The molecule has 6 heteroatoms. The predicted octanol–water partition coefficient (Wildman–Crippen LogP) is 3.38. The Balaban J connectivity index is 2.11. The van der Waals surface area contributed by atoms with Gasteiger partial charge in [-0.2, -0.15) is 11.3 Å². The maximum atomic E-state index is 11.9. The number of carbonyl (C=O) groups excluding carboxylic acids is 1. The Morgan fingerprint density at radius 1 is 1.29 bits per heavy atom. The van der Waals surface area contributed by atoms with E-state index in [9.17, 15) is 14.7 Å². The van der Waals surface area contributed by atoms with Gasteiger partial charge >= 0.3 is 12.0 Å². The van der Waals surface area contributed by atoms with Crippen LogP contribution in [0.2, 0.25) is 0 Å². The van der Waals surface area contributed by atoms with Crippen molar-refractivity contribution in [3.8, 4) is 0 Å². The Hall–Kier alpha value is -2.34. The van der Waals surface area contributed by atoms with Crippen LogP contribution in [0.1, 0.15) is 27.0 Å². The van der Waals surface area contributed by atoms with Crippen LogP contribution in [0, 0.1) is 13.8 Å². The second kappa shape index (κ2) is 6.41. The van der Waals surface area contributed by atoms with Gasteiger partial charge in [-0.15, -0.1) is 0 Å². The Kier molecular flexibility index (Phi) is 4.59. The molecule has 0 fully saturated rings. The highest BCUT2D eigenvalue weighted by atomic mass is 32.1. The van der Waals surface area contributed by atoms with Crippen LogP contribution in [0.15, 0.2) is 29.0 Å². The van der Waals surface area contributed by atoms with Crippen molar-refractivity contribution in [3.05, 3.63) is 51.2 Å². The molecule has 0 atom stereocenters. The number of amides is 2. The largest absolute Gasteiger partial charge is 0.478 e. The van der Waals surface area contributed by atoms with Crippen molar-refractivity contribution in [1.82, 2.24) is 5.32 Å². The molecule has 5 nitrogen and oxygen atoms in total. The molecule has 0 bridgehead atoms. The summed E-state index contributed by atoms with van der Waals surface area (Å²) in [4.78, 5) is 23.2. The van der Waals surface area contributed by atoms with Crippen LogP contribution in [0.4, 0.5) is 10.5 Å². The molecule has 1 aromatic heterocycles. The second-order valence-corrected chi connectivity index (χ2v) is 5.53. The van der Waals surface area contributed by atoms with E-state index in [1.54, 1.807) is 24.3 Å². The number of nitrogens with one attached hydrogen (secondary N) is 2. The first kappa shape index (κ1) is 15.1. The lowest BCUT2D eigenvalue weighted by atomic mass is 10.0. The highest BCUT2D eigenvalue weighted by Gasteiger charge is 2.15. The summed E-state index contributed by atoms with van der Waals surface area (Å²) in [7, 11) is 0. The van der Waals surface area contributed by atoms with Crippen molar-refractivity contribution < 1.29 is 14.7 Å². The number of urea groups is 1. The number of aryl methyl sites for hydroxylation is 2. The van der Waals surface area contributed by atoms with Crippen molar-refractivity contribution in [3.63, 3.8) is 0 Å². The molecule has 1 aromatic carbocycles. The lowest BCUT2D eigenvalue weighted by molar-refractivity contribution is 0.0698. The normalized spacial score (nSPS) is 10.2. The molecule has 2 amide bonds. The zero-order valence-corrected chi connectivity index (χ0v) is 12.6. The molecule has 3 N–H and O–H groups in total. The zero-order valence-electron chi connectivity index (χ0n) is 11.8. The molecule has 0 aliphatic rings. The number of benzene rings is 1. The number of carboxylic acids is 1. The minimum absolute atomic E-state index is 0.0955. The Morgan fingerprint density at radius 2 is 2.05 bits per heavy atom. The van der Waals surface area contributed by atoms with E-state index in [-0.39, 0.29) is 5.56 Å². The average Bonchev–Trinajstić information content (AvgIpc) is 2.92. The standard InChI is InChI=1S/C15H16N2O3S/c1-9-5-10(2)13(12(6-9)14(18)19)17-15(20)16-7-11-3-4-21-8-11/h3-6,8H,7H2,1-2H3,(H,18,19)(H2,16,17,20). The number of rotatable bonds is 4. The lowest BCUT2D eigenvalue weighted by Crippen LogP contribution is -2.29. The Morgan fingerprint density at radius 3 is 2.67 bits per heavy atom. The van der Waals surface area contributed by atoms with Crippen molar-refractivity contribution in [2.75, 3.05) is 5.32 Å². The number of anilines is 1. The smallest absolute Gasteiger partial charge is 0.337 e. The molecule has 0 radical (unpaired) electrons. The van der Waals surface area contributed by atoms with E-state index >= 15 is 0 Å². The van der Waals surface area contributed by atoms with Crippen LogP contribution in [-0.4, -0.2) is 17.1 Å². The maximum absolute atomic E-state index is 11.9. The molecule has 1 heterocycles. The fraction of sp³-hybridized carbons (Fsp3) is 0.200. The van der Waals surface area contributed by atoms with E-state index in [0.717, 1.165) is 16.7 Å². The highest BCUT2D eigenvalue weighted by Crippen LogP contribution is 2.22. The first-order valence-electron chi connectivity index (χ1n) is 6.38. The fourth-order valence-corrected chi connectivity index (χ4v) is 2.70. The van der Waals surface area contributed by atoms with Crippen LogP contribution in [-0.2, 0) is 6.54 Å². The molecule has 0 saturated heterocycles. The monoisotopic (exact) mass is 304 g/mol. The summed E-state index contributed by atoms with van der Waals surface area (Å²) in [6, 6.07) is 4.88. The quantitative estimate of drug-likeness (QED) is 0.810. The number of aromatic carboxylic acids is 1. The summed E-state index contributed by atoms with van der Waals surface area (Å²) >= 11 is 1.56. The van der Waals surface area contributed by atoms with Gasteiger partial charge < -0.3 is 15.7 Å². The molecule has 2 aromatic rings. The molecule has 2 rings (SSSR count).